The predicted octanol–water partition coefficient (Wildman–Crippen LogP) is 1.53. The van der Waals surface area contributed by atoms with Gasteiger partial charge < -0.3 is 5.73 Å². The maximum absolute atomic E-state index is 6.13. The first-order chi connectivity index (χ1) is 8.11. The van der Waals surface area contributed by atoms with Crippen LogP contribution >= 0.6 is 0 Å². The Balaban J connectivity index is 2.01. The van der Waals surface area contributed by atoms with Crippen LogP contribution in [0.2, 0.25) is 0 Å². The van der Waals surface area contributed by atoms with Crippen LogP contribution < -0.4 is 5.73 Å². The maximum Gasteiger partial charge on any atom is 0.0470 e. The molecule has 2 unspecified atom stereocenters. The molecule has 2 fully saturated rings. The van der Waals surface area contributed by atoms with E-state index in [9.17, 15) is 0 Å². The lowest BCUT2D eigenvalue weighted by Gasteiger charge is -2.38. The fourth-order valence-electron chi connectivity index (χ4n) is 3.48. The SMILES string of the molecule is CCC1CCN(C2(CN)CCN(C(C)C)C2)C1. The largest absolute Gasteiger partial charge is 0.329 e. The molecule has 0 spiro atoms. The van der Waals surface area contributed by atoms with Crippen molar-refractivity contribution in [2.75, 3.05) is 32.7 Å². The molecule has 2 heterocycles. The highest BCUT2D eigenvalue weighted by molar-refractivity contribution is 5.02. The van der Waals surface area contributed by atoms with E-state index >= 15 is 0 Å². The molecule has 2 aliphatic heterocycles. The monoisotopic (exact) mass is 239 g/mol. The second-order valence-corrected chi connectivity index (χ2v) is 6.25. The lowest BCUT2D eigenvalue weighted by Crippen LogP contribution is -2.55. The molecule has 0 saturated carbocycles. The summed E-state index contributed by atoms with van der Waals surface area (Å²) < 4.78 is 0. The molecule has 2 rings (SSSR count). The molecule has 2 saturated heterocycles. The van der Waals surface area contributed by atoms with E-state index < -0.39 is 0 Å². The summed E-state index contributed by atoms with van der Waals surface area (Å²) in [6.07, 6.45) is 3.96. The van der Waals surface area contributed by atoms with Gasteiger partial charge in [-0.15, -0.1) is 0 Å². The van der Waals surface area contributed by atoms with E-state index in [1.54, 1.807) is 0 Å². The Labute approximate surface area is 106 Å². The first-order valence-corrected chi connectivity index (χ1v) is 7.30. The number of nitrogens with zero attached hydrogens (tertiary/aromatic N) is 2. The molecule has 0 radical (unpaired) electrons. The Morgan fingerprint density at radius 1 is 1.35 bits per heavy atom. The van der Waals surface area contributed by atoms with Crippen molar-refractivity contribution in [3.05, 3.63) is 0 Å². The summed E-state index contributed by atoms with van der Waals surface area (Å²) in [5, 5.41) is 0. The highest BCUT2D eigenvalue weighted by atomic mass is 15.3. The van der Waals surface area contributed by atoms with Crippen molar-refractivity contribution < 1.29 is 0 Å². The van der Waals surface area contributed by atoms with Crippen molar-refractivity contribution in [1.29, 1.82) is 0 Å². The second kappa shape index (κ2) is 5.25. The summed E-state index contributed by atoms with van der Waals surface area (Å²) in [4.78, 5) is 5.29. The first kappa shape index (κ1) is 13.3. The average Bonchev–Trinajstić information content (AvgIpc) is 2.96. The molecule has 2 N–H and O–H groups in total. The third-order valence-corrected chi connectivity index (χ3v) is 5.01. The molecular formula is C14H29N3. The smallest absolute Gasteiger partial charge is 0.0470 e. The Morgan fingerprint density at radius 3 is 2.59 bits per heavy atom. The van der Waals surface area contributed by atoms with Gasteiger partial charge in [0.1, 0.15) is 0 Å². The molecule has 0 aromatic carbocycles. The molecule has 3 heteroatoms. The lowest BCUT2D eigenvalue weighted by atomic mass is 9.96. The van der Waals surface area contributed by atoms with Crippen molar-refractivity contribution in [3.63, 3.8) is 0 Å². The zero-order chi connectivity index (χ0) is 12.5. The van der Waals surface area contributed by atoms with Crippen molar-refractivity contribution in [2.45, 2.75) is 51.6 Å². The van der Waals surface area contributed by atoms with Gasteiger partial charge in [0.05, 0.1) is 0 Å². The Hall–Kier alpha value is -0.120. The predicted molar refractivity (Wildman–Crippen MR) is 73.1 cm³/mol. The van der Waals surface area contributed by atoms with Crippen molar-refractivity contribution in [1.82, 2.24) is 9.80 Å². The van der Waals surface area contributed by atoms with E-state index in [1.165, 1.54) is 45.4 Å². The Kier molecular flexibility index (Phi) is 4.11. The highest BCUT2D eigenvalue weighted by Crippen LogP contribution is 2.33. The van der Waals surface area contributed by atoms with Gasteiger partial charge in [-0.1, -0.05) is 13.3 Å². The highest BCUT2D eigenvalue weighted by Gasteiger charge is 2.44. The zero-order valence-corrected chi connectivity index (χ0v) is 11.8. The summed E-state index contributed by atoms with van der Waals surface area (Å²) in [6, 6.07) is 0.660. The average molecular weight is 239 g/mol. The first-order valence-electron chi connectivity index (χ1n) is 7.30. The van der Waals surface area contributed by atoms with E-state index in [0.717, 1.165) is 12.5 Å². The minimum atomic E-state index is 0.286. The third kappa shape index (κ3) is 2.51. The normalized spacial score (nSPS) is 36.2. The molecule has 100 valence electrons. The fourth-order valence-corrected chi connectivity index (χ4v) is 3.48. The van der Waals surface area contributed by atoms with Crippen LogP contribution in [0.4, 0.5) is 0 Å². The minimum Gasteiger partial charge on any atom is -0.329 e. The third-order valence-electron chi connectivity index (χ3n) is 5.01. The summed E-state index contributed by atoms with van der Waals surface area (Å²) in [5.41, 5.74) is 6.42. The summed E-state index contributed by atoms with van der Waals surface area (Å²) in [6.45, 7) is 12.7. The van der Waals surface area contributed by atoms with E-state index in [4.69, 9.17) is 5.73 Å². The molecule has 0 aromatic rings. The number of rotatable bonds is 4. The summed E-state index contributed by atoms with van der Waals surface area (Å²) in [7, 11) is 0. The maximum atomic E-state index is 6.13. The van der Waals surface area contributed by atoms with Crippen LogP contribution in [0.25, 0.3) is 0 Å². The lowest BCUT2D eigenvalue weighted by molar-refractivity contribution is 0.116. The molecule has 2 atom stereocenters. The number of nitrogens with two attached hydrogens (primary N) is 1. The topological polar surface area (TPSA) is 32.5 Å². The van der Waals surface area contributed by atoms with Crippen LogP contribution in [0.1, 0.15) is 40.0 Å². The van der Waals surface area contributed by atoms with Gasteiger partial charge in [-0.3, -0.25) is 9.80 Å². The van der Waals surface area contributed by atoms with Gasteiger partial charge in [-0.2, -0.15) is 0 Å². The summed E-state index contributed by atoms with van der Waals surface area (Å²) >= 11 is 0. The van der Waals surface area contributed by atoms with E-state index in [1.807, 2.05) is 0 Å². The minimum absolute atomic E-state index is 0.286. The zero-order valence-electron chi connectivity index (χ0n) is 11.8. The van der Waals surface area contributed by atoms with E-state index in [-0.39, 0.29) is 5.54 Å². The number of hydrogen-bond donors (Lipinski definition) is 1. The van der Waals surface area contributed by atoms with Gasteiger partial charge in [0.2, 0.25) is 0 Å². The Bertz CT molecular complexity index is 254. The second-order valence-electron chi connectivity index (χ2n) is 6.25. The molecule has 0 bridgehead atoms. The number of hydrogen-bond acceptors (Lipinski definition) is 3. The number of likely N-dealkylation sites (tertiary alicyclic amines) is 2. The standard InChI is InChI=1S/C14H29N3/c1-4-13-5-7-17(9-13)14(10-15)6-8-16(11-14)12(2)3/h12-13H,4-11,15H2,1-3H3. The van der Waals surface area contributed by atoms with Crippen molar-refractivity contribution in [3.8, 4) is 0 Å². The van der Waals surface area contributed by atoms with Crippen LogP contribution in [0.15, 0.2) is 0 Å². The quantitative estimate of drug-likeness (QED) is 0.807. The molecule has 17 heavy (non-hydrogen) atoms. The van der Waals surface area contributed by atoms with Crippen molar-refractivity contribution >= 4 is 0 Å². The fraction of sp³-hybridized carbons (Fsp3) is 1.00. The van der Waals surface area contributed by atoms with Gasteiger partial charge in [-0.25, -0.2) is 0 Å². The van der Waals surface area contributed by atoms with Crippen LogP contribution in [-0.4, -0.2) is 54.1 Å². The van der Waals surface area contributed by atoms with Gasteiger partial charge >= 0.3 is 0 Å². The van der Waals surface area contributed by atoms with Crippen LogP contribution in [0, 0.1) is 5.92 Å². The van der Waals surface area contributed by atoms with Crippen molar-refractivity contribution in [2.24, 2.45) is 11.7 Å². The van der Waals surface area contributed by atoms with Gasteiger partial charge in [0.15, 0.2) is 0 Å². The molecule has 3 nitrogen and oxygen atoms in total. The molecule has 0 amide bonds. The summed E-state index contributed by atoms with van der Waals surface area (Å²) in [5.74, 6) is 0.909. The van der Waals surface area contributed by atoms with E-state index in [2.05, 4.69) is 30.6 Å². The van der Waals surface area contributed by atoms with Crippen LogP contribution in [-0.2, 0) is 0 Å². The molecule has 0 aliphatic carbocycles. The Morgan fingerprint density at radius 2 is 2.12 bits per heavy atom. The van der Waals surface area contributed by atoms with Gasteiger partial charge in [-0.05, 0) is 39.2 Å². The van der Waals surface area contributed by atoms with Gasteiger partial charge in [0.25, 0.3) is 0 Å². The van der Waals surface area contributed by atoms with Crippen LogP contribution in [0.3, 0.4) is 0 Å². The van der Waals surface area contributed by atoms with Gasteiger partial charge in [0, 0.05) is 37.8 Å². The molecule has 0 aromatic heterocycles. The molecular weight excluding hydrogens is 210 g/mol. The van der Waals surface area contributed by atoms with Crippen LogP contribution in [0.5, 0.6) is 0 Å². The molecule has 2 aliphatic rings. The van der Waals surface area contributed by atoms with E-state index in [0.29, 0.717) is 6.04 Å².